The van der Waals surface area contributed by atoms with Gasteiger partial charge in [0.1, 0.15) is 5.82 Å². The number of H-pyrrole nitrogens is 1. The van der Waals surface area contributed by atoms with Crippen molar-refractivity contribution in [3.63, 3.8) is 0 Å². The van der Waals surface area contributed by atoms with Crippen LogP contribution < -0.4 is 0 Å². The number of hydrogen-bond donors (Lipinski definition) is 1. The summed E-state index contributed by atoms with van der Waals surface area (Å²) >= 11 is 0. The van der Waals surface area contributed by atoms with Gasteiger partial charge in [-0.25, -0.2) is 13.8 Å². The normalized spacial score (nSPS) is 14.7. The lowest BCUT2D eigenvalue weighted by Crippen LogP contribution is -2.31. The summed E-state index contributed by atoms with van der Waals surface area (Å²) in [4.78, 5) is 6.68. The Morgan fingerprint density at radius 3 is 3.00 bits per heavy atom. The highest BCUT2D eigenvalue weighted by Crippen LogP contribution is 2.31. The highest BCUT2D eigenvalue weighted by Gasteiger charge is 2.25. The van der Waals surface area contributed by atoms with Crippen molar-refractivity contribution >= 4 is 0 Å². The average molecular weight is 343 g/mol. The molecule has 0 amide bonds. The van der Waals surface area contributed by atoms with Gasteiger partial charge in [-0.1, -0.05) is 6.07 Å². The third-order valence-electron chi connectivity index (χ3n) is 4.73. The van der Waals surface area contributed by atoms with Crippen molar-refractivity contribution in [2.75, 3.05) is 6.54 Å². The molecule has 130 valence electrons. The van der Waals surface area contributed by atoms with Gasteiger partial charge in [0.15, 0.2) is 11.6 Å². The maximum Gasteiger partial charge on any atom is 0.168 e. The second kappa shape index (κ2) is 6.40. The topological polar surface area (TPSA) is 49.7 Å². The number of aryl methyl sites for hydroxylation is 1. The van der Waals surface area contributed by atoms with Gasteiger partial charge in [0.2, 0.25) is 0 Å². The Balaban J connectivity index is 1.63. The lowest BCUT2D eigenvalue weighted by atomic mass is 10.0. The fourth-order valence-electron chi connectivity index (χ4n) is 3.37. The molecule has 0 spiro atoms. The highest BCUT2D eigenvalue weighted by atomic mass is 19.2. The van der Waals surface area contributed by atoms with Crippen molar-refractivity contribution in [1.82, 2.24) is 24.6 Å². The Morgan fingerprint density at radius 1 is 1.28 bits per heavy atom. The number of rotatable bonds is 4. The van der Waals surface area contributed by atoms with Crippen LogP contribution in [0.15, 0.2) is 30.6 Å². The second-order valence-electron chi connectivity index (χ2n) is 6.22. The van der Waals surface area contributed by atoms with E-state index in [-0.39, 0.29) is 5.56 Å². The summed E-state index contributed by atoms with van der Waals surface area (Å²) in [5.41, 5.74) is 2.63. The fourth-order valence-corrected chi connectivity index (χ4v) is 3.37. The summed E-state index contributed by atoms with van der Waals surface area (Å²) in [6.07, 6.45) is 4.57. The number of halogens is 2. The number of hydrogen-bond acceptors (Lipinski definition) is 3. The standard InChI is InChI=1S/C18H19F2N5/c1-2-25-9-7-21-16(25)11-24-8-6-15-13(10-24)18(23-22-15)12-4-3-5-14(19)17(12)20/h3-5,7,9H,2,6,8,10-11H2,1H3,(H,22,23). The van der Waals surface area contributed by atoms with Crippen molar-refractivity contribution < 1.29 is 8.78 Å². The van der Waals surface area contributed by atoms with E-state index in [1.165, 1.54) is 6.07 Å². The number of aromatic amines is 1. The molecule has 0 saturated carbocycles. The van der Waals surface area contributed by atoms with E-state index in [1.54, 1.807) is 12.3 Å². The van der Waals surface area contributed by atoms with E-state index in [4.69, 9.17) is 0 Å². The van der Waals surface area contributed by atoms with E-state index in [0.717, 1.165) is 49.2 Å². The minimum absolute atomic E-state index is 0.203. The molecule has 1 aliphatic rings. The largest absolute Gasteiger partial charge is 0.334 e. The molecule has 0 radical (unpaired) electrons. The van der Waals surface area contributed by atoms with Crippen LogP contribution in [0.1, 0.15) is 24.0 Å². The van der Waals surface area contributed by atoms with Crippen LogP contribution in [0.25, 0.3) is 11.3 Å². The van der Waals surface area contributed by atoms with Crippen LogP contribution in [0, 0.1) is 11.6 Å². The zero-order valence-corrected chi connectivity index (χ0v) is 14.0. The smallest absolute Gasteiger partial charge is 0.168 e. The number of imidazole rings is 1. The maximum absolute atomic E-state index is 14.2. The van der Waals surface area contributed by atoms with Gasteiger partial charge in [0.25, 0.3) is 0 Å². The lowest BCUT2D eigenvalue weighted by molar-refractivity contribution is 0.236. The Morgan fingerprint density at radius 2 is 2.16 bits per heavy atom. The van der Waals surface area contributed by atoms with Crippen LogP contribution in [-0.4, -0.2) is 31.2 Å². The molecule has 0 aliphatic carbocycles. The van der Waals surface area contributed by atoms with Crippen molar-refractivity contribution in [2.45, 2.75) is 33.0 Å². The summed E-state index contributed by atoms with van der Waals surface area (Å²) in [6.45, 7) is 5.18. The summed E-state index contributed by atoms with van der Waals surface area (Å²) in [5, 5.41) is 7.24. The molecule has 5 nitrogen and oxygen atoms in total. The molecule has 0 fully saturated rings. The third-order valence-corrected chi connectivity index (χ3v) is 4.73. The van der Waals surface area contributed by atoms with E-state index in [0.29, 0.717) is 12.2 Å². The van der Waals surface area contributed by atoms with Crippen LogP contribution in [0.4, 0.5) is 8.78 Å². The van der Waals surface area contributed by atoms with Crippen LogP contribution in [0.5, 0.6) is 0 Å². The molecule has 2 aromatic heterocycles. The van der Waals surface area contributed by atoms with Gasteiger partial charge >= 0.3 is 0 Å². The molecule has 1 N–H and O–H groups in total. The number of nitrogens with one attached hydrogen (secondary N) is 1. The minimum Gasteiger partial charge on any atom is -0.334 e. The predicted molar refractivity (Wildman–Crippen MR) is 89.7 cm³/mol. The first-order chi connectivity index (χ1) is 12.2. The predicted octanol–water partition coefficient (Wildman–Crippen LogP) is 3.13. The average Bonchev–Trinajstić information content (AvgIpc) is 3.24. The third kappa shape index (κ3) is 2.84. The first-order valence-corrected chi connectivity index (χ1v) is 8.40. The summed E-state index contributed by atoms with van der Waals surface area (Å²) in [7, 11) is 0. The second-order valence-corrected chi connectivity index (χ2v) is 6.22. The molecular formula is C18H19F2N5. The zero-order chi connectivity index (χ0) is 17.4. The summed E-state index contributed by atoms with van der Waals surface area (Å²) in [5.74, 6) is -0.699. The minimum atomic E-state index is -0.855. The Bertz CT molecular complexity index is 899. The van der Waals surface area contributed by atoms with E-state index in [1.807, 2.05) is 6.20 Å². The number of fused-ring (bicyclic) bond motifs is 1. The SMILES string of the molecule is CCn1ccnc1CN1CCc2[nH]nc(-c3cccc(F)c3F)c2C1. The number of aromatic nitrogens is 4. The van der Waals surface area contributed by atoms with Crippen molar-refractivity contribution in [3.05, 3.63) is 59.3 Å². The quantitative estimate of drug-likeness (QED) is 0.792. The summed E-state index contributed by atoms with van der Waals surface area (Å²) in [6, 6.07) is 4.19. The van der Waals surface area contributed by atoms with Crippen LogP contribution in [0.2, 0.25) is 0 Å². The Kier molecular flexibility index (Phi) is 4.09. The van der Waals surface area contributed by atoms with Crippen molar-refractivity contribution in [1.29, 1.82) is 0 Å². The van der Waals surface area contributed by atoms with Gasteiger partial charge in [-0.3, -0.25) is 10.00 Å². The number of benzene rings is 1. The van der Waals surface area contributed by atoms with Gasteiger partial charge in [0, 0.05) is 55.3 Å². The molecule has 7 heteroatoms. The highest BCUT2D eigenvalue weighted by molar-refractivity contribution is 5.65. The molecular weight excluding hydrogens is 324 g/mol. The monoisotopic (exact) mass is 343 g/mol. The van der Waals surface area contributed by atoms with E-state index >= 15 is 0 Å². The lowest BCUT2D eigenvalue weighted by Gasteiger charge is -2.26. The molecule has 0 saturated heterocycles. The van der Waals surface area contributed by atoms with Gasteiger partial charge in [-0.05, 0) is 19.1 Å². The molecule has 1 aliphatic heterocycles. The molecule has 4 rings (SSSR count). The molecule has 3 aromatic rings. The molecule has 3 heterocycles. The zero-order valence-electron chi connectivity index (χ0n) is 14.0. The van der Waals surface area contributed by atoms with Crippen LogP contribution in [0.3, 0.4) is 0 Å². The molecule has 0 atom stereocenters. The number of nitrogens with zero attached hydrogens (tertiary/aromatic N) is 4. The van der Waals surface area contributed by atoms with Gasteiger partial charge in [-0.2, -0.15) is 5.10 Å². The Labute approximate surface area is 144 Å². The van der Waals surface area contributed by atoms with Gasteiger partial charge in [-0.15, -0.1) is 0 Å². The molecule has 0 unspecified atom stereocenters. The van der Waals surface area contributed by atoms with E-state index in [2.05, 4.69) is 31.6 Å². The molecule has 25 heavy (non-hydrogen) atoms. The Hall–Kier alpha value is -2.54. The maximum atomic E-state index is 14.2. The van der Waals surface area contributed by atoms with Crippen molar-refractivity contribution in [2.24, 2.45) is 0 Å². The summed E-state index contributed by atoms with van der Waals surface area (Å²) < 4.78 is 29.9. The fraction of sp³-hybridized carbons (Fsp3) is 0.333. The van der Waals surface area contributed by atoms with Crippen LogP contribution >= 0.6 is 0 Å². The first kappa shape index (κ1) is 16.0. The first-order valence-electron chi connectivity index (χ1n) is 8.40. The van der Waals surface area contributed by atoms with Crippen molar-refractivity contribution in [3.8, 4) is 11.3 Å². The van der Waals surface area contributed by atoms with Crippen LogP contribution in [-0.2, 0) is 26.1 Å². The molecule has 0 bridgehead atoms. The van der Waals surface area contributed by atoms with Gasteiger partial charge in [0.05, 0.1) is 12.2 Å². The van der Waals surface area contributed by atoms with Gasteiger partial charge < -0.3 is 4.57 Å². The van der Waals surface area contributed by atoms with E-state index in [9.17, 15) is 8.78 Å². The van der Waals surface area contributed by atoms with E-state index < -0.39 is 11.6 Å². The molecule has 1 aromatic carbocycles.